The molecule has 1 saturated carbocycles. The lowest BCUT2D eigenvalue weighted by molar-refractivity contribution is 0.263. The molecule has 4 nitrogen and oxygen atoms in total. The van der Waals surface area contributed by atoms with E-state index in [9.17, 15) is 5.11 Å². The molecule has 1 aromatic rings. The number of hydrogen-bond donors (Lipinski definition) is 1. The molecular weight excluding hydrogens is 258 g/mol. The predicted octanol–water partition coefficient (Wildman–Crippen LogP) is 3.24. The van der Waals surface area contributed by atoms with E-state index in [0.717, 1.165) is 29.8 Å². The Morgan fingerprint density at radius 1 is 1.32 bits per heavy atom. The Morgan fingerprint density at radius 3 is 2.79 bits per heavy atom. The molecule has 1 aromatic heterocycles. The standard InChI is InChI=1S/C14H25N3OS/c1-2-9-17-13(11-18)15-16-14(17)19-10-5-8-12-6-3-4-7-12/h12,18H,2-11H2,1H3. The van der Waals surface area contributed by atoms with Crippen LogP contribution in [0.3, 0.4) is 0 Å². The van der Waals surface area contributed by atoms with Crippen molar-refractivity contribution in [3.63, 3.8) is 0 Å². The minimum atomic E-state index is -0.0182. The van der Waals surface area contributed by atoms with E-state index in [0.29, 0.717) is 5.82 Å². The van der Waals surface area contributed by atoms with E-state index in [-0.39, 0.29) is 6.61 Å². The van der Waals surface area contributed by atoms with Gasteiger partial charge in [0.1, 0.15) is 6.61 Å². The molecule has 2 rings (SSSR count). The average Bonchev–Trinajstić information content (AvgIpc) is 3.05. The highest BCUT2D eigenvalue weighted by Crippen LogP contribution is 2.29. The molecular formula is C14H25N3OS. The van der Waals surface area contributed by atoms with Crippen LogP contribution < -0.4 is 0 Å². The van der Waals surface area contributed by atoms with Crippen LogP contribution in [-0.4, -0.2) is 25.6 Å². The van der Waals surface area contributed by atoms with Gasteiger partial charge in [0.25, 0.3) is 0 Å². The van der Waals surface area contributed by atoms with Crippen molar-refractivity contribution in [1.29, 1.82) is 0 Å². The van der Waals surface area contributed by atoms with Crippen LogP contribution in [0.5, 0.6) is 0 Å². The van der Waals surface area contributed by atoms with Crippen molar-refractivity contribution in [2.75, 3.05) is 5.75 Å². The zero-order chi connectivity index (χ0) is 13.5. The van der Waals surface area contributed by atoms with Gasteiger partial charge in [-0.25, -0.2) is 0 Å². The van der Waals surface area contributed by atoms with Gasteiger partial charge in [-0.15, -0.1) is 10.2 Å². The summed E-state index contributed by atoms with van der Waals surface area (Å²) in [6.07, 6.45) is 9.41. The lowest BCUT2D eigenvalue weighted by Crippen LogP contribution is -2.05. The van der Waals surface area contributed by atoms with E-state index in [4.69, 9.17) is 0 Å². The maximum atomic E-state index is 9.24. The summed E-state index contributed by atoms with van der Waals surface area (Å²) in [5.41, 5.74) is 0. The predicted molar refractivity (Wildman–Crippen MR) is 78.2 cm³/mol. The molecule has 0 amide bonds. The summed E-state index contributed by atoms with van der Waals surface area (Å²) in [5.74, 6) is 2.78. The van der Waals surface area contributed by atoms with Crippen LogP contribution in [0, 0.1) is 5.92 Å². The van der Waals surface area contributed by atoms with E-state index in [1.165, 1.54) is 38.5 Å². The maximum absolute atomic E-state index is 9.24. The Kier molecular flexibility index (Phi) is 6.17. The van der Waals surface area contributed by atoms with E-state index in [1.807, 2.05) is 0 Å². The van der Waals surface area contributed by atoms with Crippen molar-refractivity contribution in [3.8, 4) is 0 Å². The highest BCUT2D eigenvalue weighted by atomic mass is 32.2. The van der Waals surface area contributed by atoms with Gasteiger partial charge < -0.3 is 9.67 Å². The third-order valence-corrected chi connectivity index (χ3v) is 4.90. The molecule has 0 unspecified atom stereocenters. The molecule has 0 aromatic carbocycles. The molecule has 1 heterocycles. The minimum absolute atomic E-state index is 0.0182. The third-order valence-electron chi connectivity index (χ3n) is 3.84. The van der Waals surface area contributed by atoms with Crippen LogP contribution in [0.2, 0.25) is 0 Å². The van der Waals surface area contributed by atoms with E-state index >= 15 is 0 Å². The summed E-state index contributed by atoms with van der Waals surface area (Å²) in [4.78, 5) is 0. The summed E-state index contributed by atoms with van der Waals surface area (Å²) < 4.78 is 2.06. The Bertz CT molecular complexity index is 375. The Balaban J connectivity index is 1.76. The number of nitrogens with zero attached hydrogens (tertiary/aromatic N) is 3. The molecule has 0 aliphatic heterocycles. The van der Waals surface area contributed by atoms with Gasteiger partial charge in [0, 0.05) is 12.3 Å². The molecule has 1 N–H and O–H groups in total. The summed E-state index contributed by atoms with van der Waals surface area (Å²) in [6, 6.07) is 0. The van der Waals surface area contributed by atoms with Gasteiger partial charge in [0.05, 0.1) is 0 Å². The van der Waals surface area contributed by atoms with Gasteiger partial charge in [-0.2, -0.15) is 0 Å². The fourth-order valence-corrected chi connectivity index (χ4v) is 3.77. The van der Waals surface area contributed by atoms with Crippen LogP contribution in [0.4, 0.5) is 0 Å². The fourth-order valence-electron chi connectivity index (χ4n) is 2.83. The van der Waals surface area contributed by atoms with Gasteiger partial charge >= 0.3 is 0 Å². The molecule has 0 atom stereocenters. The Hall–Kier alpha value is -0.550. The first kappa shape index (κ1) is 14.9. The second-order valence-electron chi connectivity index (χ2n) is 5.35. The normalized spacial score (nSPS) is 16.3. The van der Waals surface area contributed by atoms with Crippen molar-refractivity contribution in [2.45, 2.75) is 70.2 Å². The quantitative estimate of drug-likeness (QED) is 0.588. The summed E-state index contributed by atoms with van der Waals surface area (Å²) >= 11 is 1.78. The maximum Gasteiger partial charge on any atom is 0.191 e. The molecule has 0 saturated heterocycles. The van der Waals surface area contributed by atoms with Crippen molar-refractivity contribution >= 4 is 11.8 Å². The van der Waals surface area contributed by atoms with Crippen molar-refractivity contribution in [1.82, 2.24) is 14.8 Å². The molecule has 108 valence electrons. The van der Waals surface area contributed by atoms with E-state index in [1.54, 1.807) is 11.8 Å². The second kappa shape index (κ2) is 7.90. The van der Waals surface area contributed by atoms with Crippen LogP contribution in [-0.2, 0) is 13.2 Å². The minimum Gasteiger partial charge on any atom is -0.388 e. The van der Waals surface area contributed by atoms with Crippen LogP contribution in [0.25, 0.3) is 0 Å². The number of thioether (sulfide) groups is 1. The summed E-state index contributed by atoms with van der Waals surface area (Å²) in [6.45, 7) is 3.01. The number of aliphatic hydroxyl groups is 1. The van der Waals surface area contributed by atoms with Crippen molar-refractivity contribution in [3.05, 3.63) is 5.82 Å². The lowest BCUT2D eigenvalue weighted by Gasteiger charge is -2.09. The Labute approximate surface area is 120 Å². The van der Waals surface area contributed by atoms with Gasteiger partial charge in [0.2, 0.25) is 0 Å². The van der Waals surface area contributed by atoms with Crippen LogP contribution >= 0.6 is 11.8 Å². The molecule has 0 bridgehead atoms. The highest BCUT2D eigenvalue weighted by Gasteiger charge is 2.15. The molecule has 1 aliphatic rings. The first-order valence-corrected chi connectivity index (χ1v) is 8.49. The average molecular weight is 283 g/mol. The monoisotopic (exact) mass is 283 g/mol. The third kappa shape index (κ3) is 4.21. The second-order valence-corrected chi connectivity index (χ2v) is 6.41. The van der Waals surface area contributed by atoms with Crippen molar-refractivity contribution < 1.29 is 5.11 Å². The topological polar surface area (TPSA) is 50.9 Å². The van der Waals surface area contributed by atoms with Crippen LogP contribution in [0.1, 0.15) is 57.7 Å². The van der Waals surface area contributed by atoms with Crippen molar-refractivity contribution in [2.24, 2.45) is 5.92 Å². The SMILES string of the molecule is CCCn1c(CO)nnc1SCCCC1CCCC1. The summed E-state index contributed by atoms with van der Waals surface area (Å²) in [7, 11) is 0. The van der Waals surface area contributed by atoms with Gasteiger partial charge in [-0.05, 0) is 25.2 Å². The highest BCUT2D eigenvalue weighted by molar-refractivity contribution is 7.99. The lowest BCUT2D eigenvalue weighted by atomic mass is 10.0. The molecule has 0 radical (unpaired) electrons. The zero-order valence-electron chi connectivity index (χ0n) is 11.8. The summed E-state index contributed by atoms with van der Waals surface area (Å²) in [5, 5.41) is 18.5. The molecule has 19 heavy (non-hydrogen) atoms. The van der Waals surface area contributed by atoms with E-state index in [2.05, 4.69) is 21.7 Å². The van der Waals surface area contributed by atoms with E-state index < -0.39 is 0 Å². The van der Waals surface area contributed by atoms with Gasteiger partial charge in [-0.3, -0.25) is 0 Å². The molecule has 5 heteroatoms. The van der Waals surface area contributed by atoms with Gasteiger partial charge in [0.15, 0.2) is 11.0 Å². The largest absolute Gasteiger partial charge is 0.388 e. The molecule has 1 fully saturated rings. The number of aromatic nitrogens is 3. The number of hydrogen-bond acceptors (Lipinski definition) is 4. The first-order valence-electron chi connectivity index (χ1n) is 7.51. The smallest absolute Gasteiger partial charge is 0.191 e. The molecule has 0 spiro atoms. The fraction of sp³-hybridized carbons (Fsp3) is 0.857. The molecule has 1 aliphatic carbocycles. The van der Waals surface area contributed by atoms with Gasteiger partial charge in [-0.1, -0.05) is 44.4 Å². The number of aliphatic hydroxyl groups excluding tert-OH is 1. The number of rotatable bonds is 8. The first-order chi connectivity index (χ1) is 9.35. The zero-order valence-corrected chi connectivity index (χ0v) is 12.7. The Morgan fingerprint density at radius 2 is 2.11 bits per heavy atom. The van der Waals surface area contributed by atoms with Crippen LogP contribution in [0.15, 0.2) is 5.16 Å².